The maximum absolute atomic E-state index is 12.0. The number of rotatable bonds is 3. The zero-order chi connectivity index (χ0) is 15.3. The Morgan fingerprint density at radius 1 is 1.19 bits per heavy atom. The van der Waals surface area contributed by atoms with Crippen molar-refractivity contribution in [3.63, 3.8) is 0 Å². The quantitative estimate of drug-likeness (QED) is 0.749. The molecule has 0 radical (unpaired) electrons. The van der Waals surface area contributed by atoms with E-state index < -0.39 is 22.1 Å². The zero-order valence-corrected chi connectivity index (χ0v) is 12.2. The molecule has 1 atom stereocenters. The van der Waals surface area contributed by atoms with Crippen molar-refractivity contribution in [3.8, 4) is 0 Å². The van der Waals surface area contributed by atoms with Gasteiger partial charge in [0.05, 0.1) is 4.90 Å². The van der Waals surface area contributed by atoms with Crippen LogP contribution < -0.4 is 15.4 Å². The number of sulfonamides is 1. The van der Waals surface area contributed by atoms with Crippen molar-refractivity contribution in [3.05, 3.63) is 30.3 Å². The van der Waals surface area contributed by atoms with Crippen LogP contribution in [0.5, 0.6) is 0 Å². The topological polar surface area (TPSA) is 104 Å². The Morgan fingerprint density at radius 3 is 2.62 bits per heavy atom. The minimum Gasteiger partial charge on any atom is -0.354 e. The summed E-state index contributed by atoms with van der Waals surface area (Å²) in [5, 5.41) is 5.06. The smallest absolute Gasteiger partial charge is 0.329 e. The number of benzene rings is 1. The SMILES string of the molecule is O=C(NC1CCCCNC1=O)NS(=O)(=O)c1ccccc1. The van der Waals surface area contributed by atoms with Crippen LogP contribution in [0.2, 0.25) is 0 Å². The third-order valence-corrected chi connectivity index (χ3v) is 4.47. The molecule has 8 heteroatoms. The van der Waals surface area contributed by atoms with E-state index in [0.717, 1.165) is 12.8 Å². The van der Waals surface area contributed by atoms with Crippen molar-refractivity contribution in [1.82, 2.24) is 15.4 Å². The second-order valence-corrected chi connectivity index (χ2v) is 6.41. The number of urea groups is 1. The highest BCUT2D eigenvalue weighted by atomic mass is 32.2. The third kappa shape index (κ3) is 4.19. The molecule has 1 saturated heterocycles. The molecule has 1 aliphatic rings. The van der Waals surface area contributed by atoms with Crippen molar-refractivity contribution < 1.29 is 18.0 Å². The predicted molar refractivity (Wildman–Crippen MR) is 75.9 cm³/mol. The van der Waals surface area contributed by atoms with Gasteiger partial charge < -0.3 is 10.6 Å². The molecule has 3 amide bonds. The van der Waals surface area contributed by atoms with Crippen molar-refractivity contribution >= 4 is 22.0 Å². The van der Waals surface area contributed by atoms with E-state index >= 15 is 0 Å². The molecular formula is C13H17N3O4S. The first kappa shape index (κ1) is 15.3. The van der Waals surface area contributed by atoms with Crippen LogP contribution in [0.4, 0.5) is 4.79 Å². The average molecular weight is 311 g/mol. The van der Waals surface area contributed by atoms with Gasteiger partial charge in [0, 0.05) is 6.54 Å². The van der Waals surface area contributed by atoms with E-state index in [1.54, 1.807) is 18.2 Å². The van der Waals surface area contributed by atoms with E-state index in [1.165, 1.54) is 12.1 Å². The summed E-state index contributed by atoms with van der Waals surface area (Å²) in [4.78, 5) is 23.5. The van der Waals surface area contributed by atoms with Crippen LogP contribution in [0.1, 0.15) is 19.3 Å². The van der Waals surface area contributed by atoms with Gasteiger partial charge in [0.1, 0.15) is 6.04 Å². The molecular weight excluding hydrogens is 294 g/mol. The van der Waals surface area contributed by atoms with Crippen molar-refractivity contribution in [2.45, 2.75) is 30.2 Å². The summed E-state index contributed by atoms with van der Waals surface area (Å²) in [6, 6.07) is 5.95. The van der Waals surface area contributed by atoms with Gasteiger partial charge in [0.2, 0.25) is 5.91 Å². The zero-order valence-electron chi connectivity index (χ0n) is 11.3. The first-order valence-electron chi connectivity index (χ1n) is 6.65. The van der Waals surface area contributed by atoms with E-state index in [4.69, 9.17) is 0 Å². The Hall–Kier alpha value is -2.09. The number of hydrogen-bond acceptors (Lipinski definition) is 4. The van der Waals surface area contributed by atoms with Crippen molar-refractivity contribution in [2.24, 2.45) is 0 Å². The molecule has 1 aliphatic heterocycles. The summed E-state index contributed by atoms with van der Waals surface area (Å²) in [6.45, 7) is 0.570. The lowest BCUT2D eigenvalue weighted by Crippen LogP contribution is -2.50. The highest BCUT2D eigenvalue weighted by Gasteiger charge is 2.24. The fourth-order valence-corrected chi connectivity index (χ4v) is 2.98. The molecule has 1 heterocycles. The molecule has 3 N–H and O–H groups in total. The van der Waals surface area contributed by atoms with Gasteiger partial charge in [-0.2, -0.15) is 0 Å². The van der Waals surface area contributed by atoms with Crippen LogP contribution in [-0.2, 0) is 14.8 Å². The normalized spacial score (nSPS) is 19.2. The molecule has 0 aliphatic carbocycles. The molecule has 0 aromatic heterocycles. The van der Waals surface area contributed by atoms with Crippen LogP contribution in [0, 0.1) is 0 Å². The average Bonchev–Trinajstić information content (AvgIpc) is 2.64. The molecule has 0 saturated carbocycles. The number of nitrogens with one attached hydrogen (secondary N) is 3. The van der Waals surface area contributed by atoms with Crippen molar-refractivity contribution in [1.29, 1.82) is 0 Å². The standard InChI is InChI=1S/C13H17N3O4S/c17-12-11(8-4-5-9-14-12)15-13(18)16-21(19,20)10-6-2-1-3-7-10/h1-3,6-7,11H,4-5,8-9H2,(H,14,17)(H2,15,16,18). The van der Waals surface area contributed by atoms with E-state index in [1.807, 2.05) is 4.72 Å². The fraction of sp³-hybridized carbons (Fsp3) is 0.385. The maximum atomic E-state index is 12.0. The van der Waals surface area contributed by atoms with Crippen LogP contribution in [-0.4, -0.2) is 32.9 Å². The molecule has 114 valence electrons. The molecule has 0 spiro atoms. The van der Waals surface area contributed by atoms with Gasteiger partial charge >= 0.3 is 6.03 Å². The first-order valence-corrected chi connectivity index (χ1v) is 8.13. The van der Waals surface area contributed by atoms with Gasteiger partial charge in [-0.1, -0.05) is 18.2 Å². The Balaban J connectivity index is 1.99. The van der Waals surface area contributed by atoms with Gasteiger partial charge in [-0.3, -0.25) is 4.79 Å². The van der Waals surface area contributed by atoms with E-state index in [-0.39, 0.29) is 10.8 Å². The second kappa shape index (κ2) is 6.57. The Bertz CT molecular complexity index is 616. The lowest BCUT2D eigenvalue weighted by molar-refractivity contribution is -0.122. The highest BCUT2D eigenvalue weighted by molar-refractivity contribution is 7.90. The largest absolute Gasteiger partial charge is 0.354 e. The van der Waals surface area contributed by atoms with Crippen LogP contribution in [0.3, 0.4) is 0 Å². The molecule has 2 rings (SSSR count). The van der Waals surface area contributed by atoms with Crippen LogP contribution >= 0.6 is 0 Å². The molecule has 0 bridgehead atoms. The lowest BCUT2D eigenvalue weighted by Gasteiger charge is -2.15. The Labute approximate surface area is 123 Å². The monoisotopic (exact) mass is 311 g/mol. The molecule has 1 aromatic rings. The van der Waals surface area contributed by atoms with Gasteiger partial charge in [-0.25, -0.2) is 17.9 Å². The van der Waals surface area contributed by atoms with E-state index in [0.29, 0.717) is 13.0 Å². The summed E-state index contributed by atoms with van der Waals surface area (Å²) < 4.78 is 25.8. The lowest BCUT2D eigenvalue weighted by atomic mass is 10.1. The summed E-state index contributed by atoms with van der Waals surface area (Å²) in [7, 11) is -3.93. The first-order chi connectivity index (χ1) is 9.99. The third-order valence-electron chi connectivity index (χ3n) is 3.12. The summed E-state index contributed by atoms with van der Waals surface area (Å²) in [5.41, 5.74) is 0. The molecule has 1 fully saturated rings. The second-order valence-electron chi connectivity index (χ2n) is 4.73. The number of hydrogen-bond donors (Lipinski definition) is 3. The van der Waals surface area contributed by atoms with Gasteiger partial charge in [0.25, 0.3) is 10.0 Å². The minimum atomic E-state index is -3.93. The van der Waals surface area contributed by atoms with Crippen molar-refractivity contribution in [2.75, 3.05) is 6.54 Å². The van der Waals surface area contributed by atoms with Gasteiger partial charge in [0.15, 0.2) is 0 Å². The maximum Gasteiger partial charge on any atom is 0.329 e. The van der Waals surface area contributed by atoms with E-state index in [9.17, 15) is 18.0 Å². The minimum absolute atomic E-state index is 0.00883. The fourth-order valence-electron chi connectivity index (χ4n) is 2.05. The Morgan fingerprint density at radius 2 is 1.90 bits per heavy atom. The van der Waals surface area contributed by atoms with E-state index in [2.05, 4.69) is 10.6 Å². The highest BCUT2D eigenvalue weighted by Crippen LogP contribution is 2.08. The van der Waals surface area contributed by atoms with Gasteiger partial charge in [-0.15, -0.1) is 0 Å². The predicted octanol–water partition coefficient (Wildman–Crippen LogP) is 0.343. The molecule has 7 nitrogen and oxygen atoms in total. The number of carbonyl (C=O) groups is 2. The molecule has 21 heavy (non-hydrogen) atoms. The molecule has 1 aromatic carbocycles. The number of amides is 3. The Kier molecular flexibility index (Phi) is 4.79. The van der Waals surface area contributed by atoms with Crippen LogP contribution in [0.25, 0.3) is 0 Å². The van der Waals surface area contributed by atoms with Gasteiger partial charge in [-0.05, 0) is 31.4 Å². The molecule has 1 unspecified atom stereocenters. The number of carbonyl (C=O) groups excluding carboxylic acids is 2. The summed E-state index contributed by atoms with van der Waals surface area (Å²) >= 11 is 0. The summed E-state index contributed by atoms with van der Waals surface area (Å²) in [6.07, 6.45) is 2.12. The van der Waals surface area contributed by atoms with Crippen LogP contribution in [0.15, 0.2) is 35.2 Å². The summed E-state index contributed by atoms with van der Waals surface area (Å²) in [5.74, 6) is -0.292.